The molecule has 4 aromatic carbocycles. The Morgan fingerprint density at radius 1 is 0.353 bits per heavy atom. The zero-order valence-electron chi connectivity index (χ0n) is 19.8. The van der Waals surface area contributed by atoms with Gasteiger partial charge in [-0.15, -0.1) is 0 Å². The average Bonchev–Trinajstić information content (AvgIpc) is 2.89. The summed E-state index contributed by atoms with van der Waals surface area (Å²) >= 11 is 0. The minimum atomic E-state index is 0.925. The second-order valence-electron chi connectivity index (χ2n) is 8.75. The first-order valence-corrected chi connectivity index (χ1v) is 12.1. The van der Waals surface area contributed by atoms with Crippen LogP contribution in [0.1, 0.15) is 22.3 Å². The first-order chi connectivity index (χ1) is 16.8. The molecule has 0 heterocycles. The molecule has 0 aliphatic carbocycles. The van der Waals surface area contributed by atoms with Gasteiger partial charge in [0, 0.05) is 39.3 Å². The zero-order chi connectivity index (χ0) is 23.3. The van der Waals surface area contributed by atoms with E-state index in [0.29, 0.717) is 0 Å². The fourth-order valence-corrected chi connectivity index (χ4v) is 4.18. The van der Waals surface area contributed by atoms with Gasteiger partial charge in [-0.1, -0.05) is 133 Å². The van der Waals surface area contributed by atoms with E-state index in [1.807, 2.05) is 0 Å². The number of rotatable bonds is 12. The Labute approximate surface area is 204 Å². The molecule has 172 valence electrons. The van der Waals surface area contributed by atoms with Gasteiger partial charge in [0.25, 0.3) is 0 Å². The van der Waals surface area contributed by atoms with Crippen LogP contribution in [0.3, 0.4) is 0 Å². The van der Waals surface area contributed by atoms with E-state index < -0.39 is 0 Å². The monoisotopic (exact) mass is 446 g/mol. The van der Waals surface area contributed by atoms with Crippen molar-refractivity contribution in [2.24, 2.45) is 0 Å². The van der Waals surface area contributed by atoms with E-state index in [-0.39, 0.29) is 0 Å². The van der Waals surface area contributed by atoms with Crippen molar-refractivity contribution < 1.29 is 0 Å². The van der Waals surface area contributed by atoms with E-state index in [1.54, 1.807) is 0 Å². The van der Waals surface area contributed by atoms with Crippen molar-refractivity contribution in [1.29, 1.82) is 0 Å². The highest BCUT2D eigenvalue weighted by molar-refractivity contribution is 5.19. The van der Waals surface area contributed by atoms with Gasteiger partial charge in [0.2, 0.25) is 0 Å². The van der Waals surface area contributed by atoms with Gasteiger partial charge in [-0.3, -0.25) is 9.80 Å². The fourth-order valence-electron chi connectivity index (χ4n) is 4.18. The third-order valence-corrected chi connectivity index (χ3v) is 5.89. The molecule has 0 saturated carbocycles. The Morgan fingerprint density at radius 2 is 0.588 bits per heavy atom. The predicted molar refractivity (Wildman–Crippen MR) is 143 cm³/mol. The molecular formula is C32H34N2. The highest BCUT2D eigenvalue weighted by Gasteiger charge is 2.08. The standard InChI is InChI=1S/C32H34N2/c1-5-15-29(16-6-1)25-33(26-30-17-7-2-8-18-30)23-13-14-24-34(27-31-19-9-3-10-20-31)28-32-21-11-4-12-22-32/h1-22H,23-28H2. The number of hydrogen-bond donors (Lipinski definition) is 0. The van der Waals surface area contributed by atoms with E-state index in [0.717, 1.165) is 39.3 Å². The van der Waals surface area contributed by atoms with Crippen molar-refractivity contribution in [3.05, 3.63) is 156 Å². The lowest BCUT2D eigenvalue weighted by atomic mass is 10.1. The Kier molecular flexibility index (Phi) is 9.26. The van der Waals surface area contributed by atoms with Crippen LogP contribution in [0.25, 0.3) is 0 Å². The molecule has 0 spiro atoms. The molecule has 0 aliphatic heterocycles. The van der Waals surface area contributed by atoms with Crippen molar-refractivity contribution in [2.75, 3.05) is 13.1 Å². The van der Waals surface area contributed by atoms with Crippen LogP contribution >= 0.6 is 0 Å². The Balaban J connectivity index is 1.40. The first kappa shape index (κ1) is 23.7. The Morgan fingerprint density at radius 3 is 0.824 bits per heavy atom. The summed E-state index contributed by atoms with van der Waals surface area (Å²) in [7, 11) is 0. The molecule has 0 atom stereocenters. The predicted octanol–water partition coefficient (Wildman–Crippen LogP) is 6.95. The van der Waals surface area contributed by atoms with Gasteiger partial charge in [-0.05, 0) is 22.3 Å². The highest BCUT2D eigenvalue weighted by Crippen LogP contribution is 2.12. The molecule has 4 rings (SSSR count). The van der Waals surface area contributed by atoms with E-state index in [9.17, 15) is 0 Å². The zero-order valence-corrected chi connectivity index (χ0v) is 19.8. The van der Waals surface area contributed by atoms with Gasteiger partial charge in [-0.25, -0.2) is 0 Å². The van der Waals surface area contributed by atoms with Crippen LogP contribution in [-0.2, 0) is 26.2 Å². The molecule has 0 fully saturated rings. The molecule has 0 aromatic heterocycles. The number of benzene rings is 4. The van der Waals surface area contributed by atoms with E-state index >= 15 is 0 Å². The second-order valence-corrected chi connectivity index (χ2v) is 8.75. The van der Waals surface area contributed by atoms with Crippen LogP contribution < -0.4 is 0 Å². The molecule has 0 unspecified atom stereocenters. The van der Waals surface area contributed by atoms with Gasteiger partial charge in [0.1, 0.15) is 0 Å². The molecule has 34 heavy (non-hydrogen) atoms. The first-order valence-electron chi connectivity index (χ1n) is 12.1. The summed E-state index contributed by atoms with van der Waals surface area (Å²) in [6, 6.07) is 43.0. The maximum atomic E-state index is 2.50. The van der Waals surface area contributed by atoms with E-state index in [4.69, 9.17) is 0 Å². The highest BCUT2D eigenvalue weighted by atomic mass is 15.1. The van der Waals surface area contributed by atoms with Gasteiger partial charge in [0.05, 0.1) is 0 Å². The Bertz CT molecular complexity index is 919. The lowest BCUT2D eigenvalue weighted by Crippen LogP contribution is -2.24. The van der Waals surface area contributed by atoms with Gasteiger partial charge < -0.3 is 0 Å². The molecule has 2 heteroatoms. The molecular weight excluding hydrogens is 412 g/mol. The van der Waals surface area contributed by atoms with Crippen LogP contribution in [-0.4, -0.2) is 22.9 Å². The normalized spacial score (nSPS) is 11.5. The van der Waals surface area contributed by atoms with Crippen LogP contribution in [0.4, 0.5) is 0 Å². The largest absolute Gasteiger partial charge is 0.291 e. The molecule has 4 aromatic rings. The van der Waals surface area contributed by atoms with Crippen molar-refractivity contribution in [3.8, 4) is 0 Å². The van der Waals surface area contributed by atoms with Crippen molar-refractivity contribution in [1.82, 2.24) is 9.80 Å². The minimum Gasteiger partial charge on any atom is -0.291 e. The lowest BCUT2D eigenvalue weighted by molar-refractivity contribution is 0.278. The van der Waals surface area contributed by atoms with Crippen LogP contribution in [0, 0.1) is 0 Å². The molecule has 0 aliphatic rings. The van der Waals surface area contributed by atoms with Crippen LogP contribution in [0.5, 0.6) is 0 Å². The summed E-state index contributed by atoms with van der Waals surface area (Å²) in [4.78, 5) is 5.00. The van der Waals surface area contributed by atoms with Gasteiger partial charge in [-0.2, -0.15) is 0 Å². The SMILES string of the molecule is C(=CCN(Cc1ccccc1)Cc1ccccc1)CN(Cc1ccccc1)Cc1ccccc1. The minimum absolute atomic E-state index is 0.925. The second kappa shape index (κ2) is 13.3. The summed E-state index contributed by atoms with van der Waals surface area (Å²) in [6.07, 6.45) is 4.66. The average molecular weight is 447 g/mol. The van der Waals surface area contributed by atoms with Crippen LogP contribution in [0.2, 0.25) is 0 Å². The summed E-state index contributed by atoms with van der Waals surface area (Å²) in [5.41, 5.74) is 5.39. The van der Waals surface area contributed by atoms with E-state index in [2.05, 4.69) is 143 Å². The van der Waals surface area contributed by atoms with Crippen molar-refractivity contribution in [2.45, 2.75) is 26.2 Å². The molecule has 0 radical (unpaired) electrons. The fraction of sp³-hybridized carbons (Fsp3) is 0.188. The maximum absolute atomic E-state index is 2.50. The molecule has 0 bridgehead atoms. The Hall–Kier alpha value is -3.46. The third-order valence-electron chi connectivity index (χ3n) is 5.89. The summed E-state index contributed by atoms with van der Waals surface area (Å²) in [5, 5.41) is 0. The smallest absolute Gasteiger partial charge is 0.0240 e. The maximum Gasteiger partial charge on any atom is 0.0240 e. The van der Waals surface area contributed by atoms with Crippen LogP contribution in [0.15, 0.2) is 133 Å². The molecule has 0 amide bonds. The summed E-state index contributed by atoms with van der Waals surface area (Å²) in [5.74, 6) is 0. The molecule has 2 nitrogen and oxygen atoms in total. The summed E-state index contributed by atoms with van der Waals surface area (Å²) in [6.45, 7) is 5.62. The third kappa shape index (κ3) is 8.15. The topological polar surface area (TPSA) is 6.48 Å². The van der Waals surface area contributed by atoms with Gasteiger partial charge in [0.15, 0.2) is 0 Å². The number of nitrogens with zero attached hydrogens (tertiary/aromatic N) is 2. The lowest BCUT2D eigenvalue weighted by Gasteiger charge is -2.23. The summed E-state index contributed by atoms with van der Waals surface area (Å²) < 4.78 is 0. The van der Waals surface area contributed by atoms with Gasteiger partial charge >= 0.3 is 0 Å². The number of hydrogen-bond acceptors (Lipinski definition) is 2. The quantitative estimate of drug-likeness (QED) is 0.217. The van der Waals surface area contributed by atoms with Crippen molar-refractivity contribution >= 4 is 0 Å². The molecule has 0 saturated heterocycles. The van der Waals surface area contributed by atoms with Crippen molar-refractivity contribution in [3.63, 3.8) is 0 Å². The van der Waals surface area contributed by atoms with E-state index in [1.165, 1.54) is 22.3 Å². The molecule has 0 N–H and O–H groups in total.